The summed E-state index contributed by atoms with van der Waals surface area (Å²) in [5.41, 5.74) is 3.12. The molecule has 0 aliphatic carbocycles. The first-order valence-corrected chi connectivity index (χ1v) is 12.3. The summed E-state index contributed by atoms with van der Waals surface area (Å²) in [6.07, 6.45) is 8.55. The Balaban J connectivity index is 0.000000433. The van der Waals surface area contributed by atoms with E-state index in [1.54, 1.807) is 29.5 Å². The molecule has 0 radical (unpaired) electrons. The standard InChI is InChI=1S/C23H23F2N7.C4H4N2/c1-15(2)21-19(14-32(27-21)18-6-4-3-5-7-18)22-23-26-28-29-31(23)11-10-30(22)13-16-12-17(24)8-9-20(16)25;1-2-6-4-3-5-1/h3-9,12,14-15,22H,10-11,13H2,1-2H3;1-4H. The Bertz CT molecular complexity index is 1440. The fourth-order valence-corrected chi connectivity index (χ4v) is 4.50. The molecule has 0 bridgehead atoms. The Morgan fingerprint density at radius 2 is 1.68 bits per heavy atom. The molecule has 1 atom stereocenters. The molecule has 1 aliphatic heterocycles. The molecule has 5 aromatic rings. The van der Waals surface area contributed by atoms with Crippen LogP contribution in [0.5, 0.6) is 0 Å². The van der Waals surface area contributed by atoms with Gasteiger partial charge in [0.15, 0.2) is 5.82 Å². The van der Waals surface area contributed by atoms with E-state index in [4.69, 9.17) is 5.10 Å². The zero-order valence-electron chi connectivity index (χ0n) is 21.1. The zero-order chi connectivity index (χ0) is 26.5. The minimum absolute atomic E-state index is 0.147. The van der Waals surface area contributed by atoms with Gasteiger partial charge in [0.2, 0.25) is 0 Å². The van der Waals surface area contributed by atoms with E-state index in [2.05, 4.69) is 44.2 Å². The molecule has 3 aromatic heterocycles. The maximum absolute atomic E-state index is 14.5. The van der Waals surface area contributed by atoms with Crippen LogP contribution in [0.1, 0.15) is 48.5 Å². The first kappa shape index (κ1) is 25.3. The minimum Gasteiger partial charge on any atom is -0.283 e. The van der Waals surface area contributed by atoms with Crippen LogP contribution in [-0.2, 0) is 13.1 Å². The number of hydrogen-bond acceptors (Lipinski definition) is 7. The lowest BCUT2D eigenvalue weighted by Gasteiger charge is -2.35. The lowest BCUT2D eigenvalue weighted by atomic mass is 9.97. The predicted molar refractivity (Wildman–Crippen MR) is 136 cm³/mol. The molecule has 11 heteroatoms. The monoisotopic (exact) mass is 515 g/mol. The van der Waals surface area contributed by atoms with E-state index in [9.17, 15) is 8.78 Å². The maximum Gasteiger partial charge on any atom is 0.173 e. The number of tetrazole rings is 1. The molecule has 0 fully saturated rings. The van der Waals surface area contributed by atoms with Crippen molar-refractivity contribution in [1.29, 1.82) is 0 Å². The summed E-state index contributed by atoms with van der Waals surface area (Å²) in [5.74, 6) is -0.0736. The quantitative estimate of drug-likeness (QED) is 0.344. The van der Waals surface area contributed by atoms with Gasteiger partial charge >= 0.3 is 0 Å². The molecule has 6 rings (SSSR count). The molecular formula is C27H27F2N9. The average Bonchev–Trinajstić information content (AvgIpc) is 3.60. The average molecular weight is 516 g/mol. The van der Waals surface area contributed by atoms with Crippen LogP contribution < -0.4 is 0 Å². The highest BCUT2D eigenvalue weighted by Crippen LogP contribution is 2.36. The Morgan fingerprint density at radius 3 is 2.37 bits per heavy atom. The van der Waals surface area contributed by atoms with Crippen molar-refractivity contribution >= 4 is 0 Å². The summed E-state index contributed by atoms with van der Waals surface area (Å²) in [7, 11) is 0. The molecule has 1 unspecified atom stereocenters. The number of rotatable bonds is 5. The Morgan fingerprint density at radius 1 is 0.947 bits per heavy atom. The highest BCUT2D eigenvalue weighted by molar-refractivity contribution is 5.37. The van der Waals surface area contributed by atoms with E-state index in [0.717, 1.165) is 23.0 Å². The van der Waals surface area contributed by atoms with Crippen molar-refractivity contribution in [2.24, 2.45) is 0 Å². The second-order valence-corrected chi connectivity index (χ2v) is 9.17. The molecule has 9 nitrogen and oxygen atoms in total. The summed E-state index contributed by atoms with van der Waals surface area (Å²) >= 11 is 0. The van der Waals surface area contributed by atoms with E-state index in [1.807, 2.05) is 41.2 Å². The SMILES string of the molecule is CC(C)c1nn(-c2ccccc2)cc1C1c2nnnn2CCN1Cc1cc(F)ccc1F.c1cnccn1. The van der Waals surface area contributed by atoms with Crippen LogP contribution in [0.3, 0.4) is 0 Å². The highest BCUT2D eigenvalue weighted by atomic mass is 19.1. The van der Waals surface area contributed by atoms with Crippen LogP contribution >= 0.6 is 0 Å². The number of fused-ring (bicyclic) bond motifs is 1. The lowest BCUT2D eigenvalue weighted by Crippen LogP contribution is -2.39. The molecule has 0 spiro atoms. The van der Waals surface area contributed by atoms with Gasteiger partial charge in [-0.05, 0) is 46.7 Å². The molecule has 0 saturated heterocycles. The highest BCUT2D eigenvalue weighted by Gasteiger charge is 2.35. The van der Waals surface area contributed by atoms with Gasteiger partial charge in [-0.2, -0.15) is 5.10 Å². The Kier molecular flexibility index (Phi) is 7.55. The van der Waals surface area contributed by atoms with Crippen molar-refractivity contribution < 1.29 is 8.78 Å². The third kappa shape index (κ3) is 5.47. The first-order chi connectivity index (χ1) is 18.5. The van der Waals surface area contributed by atoms with E-state index >= 15 is 0 Å². The maximum atomic E-state index is 14.5. The van der Waals surface area contributed by atoms with E-state index in [0.29, 0.717) is 24.5 Å². The molecule has 4 heterocycles. The van der Waals surface area contributed by atoms with Crippen molar-refractivity contribution in [3.8, 4) is 5.69 Å². The molecule has 0 N–H and O–H groups in total. The number of para-hydroxylation sites is 1. The Hall–Kier alpha value is -4.38. The summed E-state index contributed by atoms with van der Waals surface area (Å²) in [5, 5.41) is 17.1. The summed E-state index contributed by atoms with van der Waals surface area (Å²) in [6.45, 7) is 5.56. The van der Waals surface area contributed by atoms with Gasteiger partial charge in [0.05, 0.1) is 17.9 Å². The van der Waals surface area contributed by atoms with Gasteiger partial charge in [-0.1, -0.05) is 32.0 Å². The fourth-order valence-electron chi connectivity index (χ4n) is 4.50. The summed E-state index contributed by atoms with van der Waals surface area (Å²) in [6, 6.07) is 13.1. The molecule has 194 valence electrons. The van der Waals surface area contributed by atoms with Gasteiger partial charge in [0, 0.05) is 55.2 Å². The van der Waals surface area contributed by atoms with E-state index in [1.165, 1.54) is 12.1 Å². The third-order valence-corrected chi connectivity index (χ3v) is 6.26. The zero-order valence-corrected chi connectivity index (χ0v) is 21.1. The molecule has 0 saturated carbocycles. The predicted octanol–water partition coefficient (Wildman–Crippen LogP) is 4.34. The minimum atomic E-state index is -0.459. The van der Waals surface area contributed by atoms with Crippen LogP contribution in [-0.4, -0.2) is 51.4 Å². The van der Waals surface area contributed by atoms with Crippen molar-refractivity contribution in [2.75, 3.05) is 6.54 Å². The van der Waals surface area contributed by atoms with Crippen molar-refractivity contribution in [3.05, 3.63) is 114 Å². The lowest BCUT2D eigenvalue weighted by molar-refractivity contribution is 0.161. The van der Waals surface area contributed by atoms with Crippen LogP contribution in [0.15, 0.2) is 79.5 Å². The van der Waals surface area contributed by atoms with Gasteiger partial charge < -0.3 is 0 Å². The van der Waals surface area contributed by atoms with Crippen LogP contribution in [0.2, 0.25) is 0 Å². The van der Waals surface area contributed by atoms with E-state index in [-0.39, 0.29) is 18.5 Å². The normalized spacial score (nSPS) is 15.1. The van der Waals surface area contributed by atoms with Gasteiger partial charge in [0.1, 0.15) is 17.7 Å². The van der Waals surface area contributed by atoms with Gasteiger partial charge in [-0.15, -0.1) is 5.10 Å². The number of aromatic nitrogens is 8. The molecule has 2 aromatic carbocycles. The van der Waals surface area contributed by atoms with E-state index < -0.39 is 11.6 Å². The molecule has 1 aliphatic rings. The van der Waals surface area contributed by atoms with Crippen LogP contribution in [0.4, 0.5) is 8.78 Å². The van der Waals surface area contributed by atoms with Crippen molar-refractivity contribution in [1.82, 2.24) is 44.9 Å². The molecular weight excluding hydrogens is 488 g/mol. The van der Waals surface area contributed by atoms with Crippen molar-refractivity contribution in [2.45, 2.75) is 38.9 Å². The summed E-state index contributed by atoms with van der Waals surface area (Å²) < 4.78 is 31.9. The number of nitrogens with zero attached hydrogens (tertiary/aromatic N) is 9. The largest absolute Gasteiger partial charge is 0.283 e. The van der Waals surface area contributed by atoms with Crippen LogP contribution in [0, 0.1) is 11.6 Å². The number of benzene rings is 2. The fraction of sp³-hybridized carbons (Fsp3) is 0.259. The Labute approximate surface area is 218 Å². The third-order valence-electron chi connectivity index (χ3n) is 6.26. The summed E-state index contributed by atoms with van der Waals surface area (Å²) in [4.78, 5) is 9.53. The topological polar surface area (TPSA) is 90.4 Å². The van der Waals surface area contributed by atoms with Gasteiger partial charge in [-0.3, -0.25) is 14.9 Å². The molecule has 38 heavy (non-hydrogen) atoms. The van der Waals surface area contributed by atoms with Gasteiger partial charge in [-0.25, -0.2) is 18.1 Å². The second kappa shape index (κ2) is 11.3. The molecule has 0 amide bonds. The van der Waals surface area contributed by atoms with Crippen molar-refractivity contribution in [3.63, 3.8) is 0 Å². The van der Waals surface area contributed by atoms with Gasteiger partial charge in [0.25, 0.3) is 0 Å². The smallest absolute Gasteiger partial charge is 0.173 e. The number of hydrogen-bond donors (Lipinski definition) is 0. The van der Waals surface area contributed by atoms with Crippen LogP contribution in [0.25, 0.3) is 5.69 Å². The first-order valence-electron chi connectivity index (χ1n) is 12.3. The number of halogens is 2. The second-order valence-electron chi connectivity index (χ2n) is 9.17.